The van der Waals surface area contributed by atoms with Gasteiger partial charge in [-0.1, -0.05) is 26.7 Å². The molecular formula is C8H15NS. The lowest BCUT2D eigenvalue weighted by Crippen LogP contribution is -2.01. The molecule has 0 N–H and O–H groups in total. The van der Waals surface area contributed by atoms with Crippen LogP contribution in [0.1, 0.15) is 33.1 Å². The Morgan fingerprint density at radius 3 is 2.60 bits per heavy atom. The minimum atomic E-state index is 0.723. The fraction of sp³-hybridized carbons (Fsp3) is 0.875. The molecule has 0 aromatic rings. The number of rotatable bonds is 5. The lowest BCUT2D eigenvalue weighted by atomic mass is 10.0. The Balaban J connectivity index is 3.48. The standard InChI is InChI=1S/C8H15NS/c1-3-5-8(4-2)6-9-7-10/h8H,3-6H2,1-2H3. The van der Waals surface area contributed by atoms with Gasteiger partial charge in [0.15, 0.2) is 0 Å². The van der Waals surface area contributed by atoms with Gasteiger partial charge in [-0.05, 0) is 24.6 Å². The fourth-order valence-electron chi connectivity index (χ4n) is 0.999. The van der Waals surface area contributed by atoms with Crippen molar-refractivity contribution in [2.75, 3.05) is 6.54 Å². The molecule has 0 spiro atoms. The molecule has 0 aromatic heterocycles. The average Bonchev–Trinajstić information content (AvgIpc) is 1.98. The van der Waals surface area contributed by atoms with E-state index < -0.39 is 0 Å². The van der Waals surface area contributed by atoms with Crippen LogP contribution in [0.4, 0.5) is 0 Å². The van der Waals surface area contributed by atoms with Gasteiger partial charge >= 0.3 is 0 Å². The number of aliphatic imine (C=N–C) groups is 1. The zero-order chi connectivity index (χ0) is 7.82. The SMILES string of the molecule is CCCC(CC)CN=C=S. The second kappa shape index (κ2) is 6.91. The molecule has 0 saturated heterocycles. The van der Waals surface area contributed by atoms with E-state index in [0.717, 1.165) is 12.5 Å². The molecule has 0 radical (unpaired) electrons. The summed E-state index contributed by atoms with van der Waals surface area (Å²) in [5.41, 5.74) is 0. The molecule has 1 unspecified atom stereocenters. The van der Waals surface area contributed by atoms with Gasteiger partial charge in [0.1, 0.15) is 0 Å². The van der Waals surface area contributed by atoms with Gasteiger partial charge in [0.25, 0.3) is 0 Å². The van der Waals surface area contributed by atoms with Crippen molar-refractivity contribution < 1.29 is 0 Å². The predicted molar refractivity (Wildman–Crippen MR) is 48.6 cm³/mol. The van der Waals surface area contributed by atoms with E-state index in [-0.39, 0.29) is 0 Å². The largest absolute Gasteiger partial charge is 0.232 e. The first-order chi connectivity index (χ1) is 4.85. The highest BCUT2D eigenvalue weighted by molar-refractivity contribution is 7.78. The van der Waals surface area contributed by atoms with Gasteiger partial charge in [0.05, 0.1) is 11.7 Å². The van der Waals surface area contributed by atoms with E-state index in [0.29, 0.717) is 0 Å². The van der Waals surface area contributed by atoms with Gasteiger partial charge in [0, 0.05) is 0 Å². The second-order valence-electron chi connectivity index (χ2n) is 2.49. The zero-order valence-corrected chi connectivity index (χ0v) is 7.58. The van der Waals surface area contributed by atoms with Gasteiger partial charge in [-0.15, -0.1) is 0 Å². The van der Waals surface area contributed by atoms with Gasteiger partial charge < -0.3 is 0 Å². The van der Waals surface area contributed by atoms with Gasteiger partial charge in [-0.2, -0.15) is 0 Å². The van der Waals surface area contributed by atoms with E-state index in [9.17, 15) is 0 Å². The Morgan fingerprint density at radius 2 is 2.20 bits per heavy atom. The van der Waals surface area contributed by atoms with Crippen LogP contribution >= 0.6 is 12.2 Å². The first kappa shape index (κ1) is 9.80. The Bertz CT molecular complexity index is 116. The minimum absolute atomic E-state index is 0.723. The molecule has 0 amide bonds. The summed E-state index contributed by atoms with van der Waals surface area (Å²) in [5.74, 6) is 0.723. The van der Waals surface area contributed by atoms with E-state index in [1.807, 2.05) is 0 Å². The van der Waals surface area contributed by atoms with Crippen LogP contribution in [-0.2, 0) is 0 Å². The molecule has 10 heavy (non-hydrogen) atoms. The van der Waals surface area contributed by atoms with Crippen molar-refractivity contribution in [1.29, 1.82) is 0 Å². The first-order valence-corrected chi connectivity index (χ1v) is 4.29. The summed E-state index contributed by atoms with van der Waals surface area (Å²) in [6.07, 6.45) is 3.71. The maximum atomic E-state index is 4.49. The second-order valence-corrected chi connectivity index (χ2v) is 2.68. The highest BCUT2D eigenvalue weighted by Crippen LogP contribution is 2.09. The molecule has 0 aliphatic heterocycles. The number of isothiocyanates is 1. The normalized spacial score (nSPS) is 12.2. The summed E-state index contributed by atoms with van der Waals surface area (Å²) < 4.78 is 0. The molecule has 0 aromatic carbocycles. The highest BCUT2D eigenvalue weighted by Gasteiger charge is 2.01. The molecule has 1 atom stereocenters. The molecule has 2 heteroatoms. The molecule has 0 heterocycles. The van der Waals surface area contributed by atoms with Crippen molar-refractivity contribution in [3.8, 4) is 0 Å². The van der Waals surface area contributed by atoms with E-state index in [4.69, 9.17) is 0 Å². The topological polar surface area (TPSA) is 12.4 Å². The van der Waals surface area contributed by atoms with Crippen molar-refractivity contribution >= 4 is 17.4 Å². The molecule has 1 nitrogen and oxygen atoms in total. The summed E-state index contributed by atoms with van der Waals surface area (Å²) in [6, 6.07) is 0. The van der Waals surface area contributed by atoms with E-state index in [1.165, 1.54) is 19.3 Å². The molecule has 58 valence electrons. The highest BCUT2D eigenvalue weighted by atomic mass is 32.1. The smallest absolute Gasteiger partial charge is 0.0585 e. The number of nitrogens with zero attached hydrogens (tertiary/aromatic N) is 1. The minimum Gasteiger partial charge on any atom is -0.232 e. The molecule has 0 aliphatic carbocycles. The molecular weight excluding hydrogens is 142 g/mol. The number of thiocarbonyl (C=S) groups is 1. The monoisotopic (exact) mass is 157 g/mol. The van der Waals surface area contributed by atoms with Crippen LogP contribution in [0.3, 0.4) is 0 Å². The third-order valence-corrected chi connectivity index (χ3v) is 1.82. The lowest BCUT2D eigenvalue weighted by molar-refractivity contribution is 0.477. The van der Waals surface area contributed by atoms with E-state index in [2.05, 4.69) is 36.2 Å². The predicted octanol–water partition coefficient (Wildman–Crippen LogP) is 2.92. The van der Waals surface area contributed by atoms with Crippen LogP contribution in [0, 0.1) is 5.92 Å². The van der Waals surface area contributed by atoms with Crippen LogP contribution < -0.4 is 0 Å². The van der Waals surface area contributed by atoms with Gasteiger partial charge in [-0.25, -0.2) is 4.99 Å². The maximum Gasteiger partial charge on any atom is 0.0585 e. The molecule has 0 bridgehead atoms. The number of hydrogen-bond acceptors (Lipinski definition) is 2. The Kier molecular flexibility index (Phi) is 6.78. The van der Waals surface area contributed by atoms with Crippen LogP contribution in [0.25, 0.3) is 0 Å². The van der Waals surface area contributed by atoms with Crippen LogP contribution in [0.2, 0.25) is 0 Å². The molecule has 0 saturated carbocycles. The Labute approximate surface area is 68.5 Å². The van der Waals surface area contributed by atoms with E-state index >= 15 is 0 Å². The summed E-state index contributed by atoms with van der Waals surface area (Å²) in [6.45, 7) is 5.26. The number of hydrogen-bond donors (Lipinski definition) is 0. The van der Waals surface area contributed by atoms with Crippen molar-refractivity contribution in [3.05, 3.63) is 0 Å². The summed E-state index contributed by atoms with van der Waals surface area (Å²) in [5, 5.41) is 2.40. The van der Waals surface area contributed by atoms with Gasteiger partial charge in [0.2, 0.25) is 0 Å². The maximum absolute atomic E-state index is 4.49. The zero-order valence-electron chi connectivity index (χ0n) is 6.76. The summed E-state index contributed by atoms with van der Waals surface area (Å²) in [4.78, 5) is 3.93. The third kappa shape index (κ3) is 4.66. The van der Waals surface area contributed by atoms with Crippen molar-refractivity contribution in [3.63, 3.8) is 0 Å². The Morgan fingerprint density at radius 1 is 1.50 bits per heavy atom. The van der Waals surface area contributed by atoms with Gasteiger partial charge in [-0.3, -0.25) is 0 Å². The molecule has 0 fully saturated rings. The molecule has 0 rings (SSSR count). The Hall–Kier alpha value is -0.200. The first-order valence-electron chi connectivity index (χ1n) is 3.88. The van der Waals surface area contributed by atoms with Crippen LogP contribution in [0.5, 0.6) is 0 Å². The third-order valence-electron chi connectivity index (χ3n) is 1.69. The van der Waals surface area contributed by atoms with Crippen LogP contribution in [-0.4, -0.2) is 11.7 Å². The quantitative estimate of drug-likeness (QED) is 0.441. The average molecular weight is 157 g/mol. The summed E-state index contributed by atoms with van der Waals surface area (Å²) in [7, 11) is 0. The summed E-state index contributed by atoms with van der Waals surface area (Å²) >= 11 is 4.49. The molecule has 0 aliphatic rings. The lowest BCUT2D eigenvalue weighted by Gasteiger charge is -2.07. The van der Waals surface area contributed by atoms with Crippen molar-refractivity contribution in [2.45, 2.75) is 33.1 Å². The van der Waals surface area contributed by atoms with E-state index in [1.54, 1.807) is 0 Å². The fourth-order valence-corrected chi connectivity index (χ4v) is 1.07. The van der Waals surface area contributed by atoms with Crippen molar-refractivity contribution in [2.24, 2.45) is 10.9 Å². The van der Waals surface area contributed by atoms with Crippen molar-refractivity contribution in [1.82, 2.24) is 0 Å². The van der Waals surface area contributed by atoms with Crippen LogP contribution in [0.15, 0.2) is 4.99 Å².